The van der Waals surface area contributed by atoms with Crippen LogP contribution < -0.4 is 10.9 Å². The zero-order valence-corrected chi connectivity index (χ0v) is 34.0. The van der Waals surface area contributed by atoms with Crippen LogP contribution >= 0.6 is 0 Å². The molecule has 318 valence electrons. The molecule has 1 aromatic rings. The number of non-ortho nitro benzene ring substituents is 1. The third-order valence-corrected chi connectivity index (χ3v) is 9.50. The van der Waals surface area contributed by atoms with Crippen LogP contribution in [-0.2, 0) is 28.5 Å². The Morgan fingerprint density at radius 2 is 1.53 bits per heavy atom. The van der Waals surface area contributed by atoms with Crippen molar-refractivity contribution in [3.63, 3.8) is 0 Å². The molecule has 3 atom stereocenters. The van der Waals surface area contributed by atoms with Crippen molar-refractivity contribution in [3.8, 4) is 0 Å². The molecular weight excluding hydrogens is 750 g/mol. The van der Waals surface area contributed by atoms with Gasteiger partial charge in [0.25, 0.3) is 5.69 Å². The predicted molar refractivity (Wildman–Crippen MR) is 218 cm³/mol. The van der Waals surface area contributed by atoms with Crippen molar-refractivity contribution < 1.29 is 38.4 Å². The number of nitrogens with zero attached hydrogens (tertiary/aromatic N) is 5. The van der Waals surface area contributed by atoms with E-state index in [2.05, 4.69) is 66.0 Å². The number of rotatable bonds is 28. The van der Waals surface area contributed by atoms with E-state index in [1.165, 1.54) is 11.8 Å². The summed E-state index contributed by atoms with van der Waals surface area (Å²) in [5.41, 5.74) is 7.80. The summed E-state index contributed by atoms with van der Waals surface area (Å²) in [5, 5.41) is 31.8. The Kier molecular flexibility index (Phi) is 20.7. The van der Waals surface area contributed by atoms with Gasteiger partial charge >= 0.3 is 17.6 Å². The summed E-state index contributed by atoms with van der Waals surface area (Å²) < 4.78 is 22.8. The zero-order valence-electron chi connectivity index (χ0n) is 34.0. The fourth-order valence-corrected chi connectivity index (χ4v) is 6.43. The summed E-state index contributed by atoms with van der Waals surface area (Å²) >= 11 is 0. The summed E-state index contributed by atoms with van der Waals surface area (Å²) in [7, 11) is 0. The first-order valence-corrected chi connectivity index (χ1v) is 20.1. The van der Waals surface area contributed by atoms with E-state index in [0.29, 0.717) is 62.5 Å². The number of ether oxygens (including phenoxy) is 4. The molecule has 17 heteroatoms. The number of nitro groups is 2. The van der Waals surface area contributed by atoms with Crippen LogP contribution in [0.3, 0.4) is 0 Å². The van der Waals surface area contributed by atoms with Gasteiger partial charge in [-0.2, -0.15) is 5.11 Å². The second kappa shape index (κ2) is 25.6. The molecule has 2 aliphatic rings. The summed E-state index contributed by atoms with van der Waals surface area (Å²) in [6.07, 6.45) is 14.7. The zero-order chi connectivity index (χ0) is 42.3. The Balaban J connectivity index is 1.87. The molecule has 0 amide bonds. The average molecular weight is 810 g/mol. The number of hydrogen-bond donors (Lipinski definition) is 2. The van der Waals surface area contributed by atoms with E-state index in [1.54, 1.807) is 6.08 Å². The molecule has 0 aliphatic heterocycles. The Labute approximate surface area is 340 Å². The van der Waals surface area contributed by atoms with E-state index in [9.17, 15) is 29.8 Å². The number of benzene rings is 1. The van der Waals surface area contributed by atoms with E-state index < -0.39 is 39.2 Å². The highest BCUT2D eigenvalue weighted by molar-refractivity contribution is 5.81. The highest BCUT2D eigenvalue weighted by Gasteiger charge is 2.29. The molecule has 0 heterocycles. The van der Waals surface area contributed by atoms with E-state index in [4.69, 9.17) is 18.9 Å². The Morgan fingerprint density at radius 3 is 2.10 bits per heavy atom. The topological polar surface area (TPSA) is 209 Å². The van der Waals surface area contributed by atoms with Crippen molar-refractivity contribution in [2.24, 2.45) is 16.1 Å². The van der Waals surface area contributed by atoms with E-state index in [0.717, 1.165) is 69.5 Å². The van der Waals surface area contributed by atoms with Gasteiger partial charge in [0.05, 0.1) is 48.0 Å². The van der Waals surface area contributed by atoms with Gasteiger partial charge in [-0.1, -0.05) is 40.0 Å². The van der Waals surface area contributed by atoms with Crippen LogP contribution in [-0.4, -0.2) is 78.3 Å². The molecule has 0 spiro atoms. The molecule has 58 heavy (non-hydrogen) atoms. The fraction of sp³-hybridized carbons (Fsp3) is 0.561. The van der Waals surface area contributed by atoms with Gasteiger partial charge < -0.3 is 29.3 Å². The molecule has 1 aromatic carbocycles. The van der Waals surface area contributed by atoms with Crippen LogP contribution in [0.15, 0.2) is 88.8 Å². The molecule has 0 fully saturated rings. The number of nitrogens with one attached hydrogen (secondary N) is 2. The molecule has 2 N–H and O–H groups in total. The number of hydrogen-bond acceptors (Lipinski definition) is 15. The molecule has 0 bridgehead atoms. The maximum absolute atomic E-state index is 11.8. The lowest BCUT2D eigenvalue weighted by molar-refractivity contribution is -0.393. The van der Waals surface area contributed by atoms with Crippen LogP contribution in [0, 0.1) is 26.1 Å². The minimum Gasteiger partial charge on any atom is -0.496 e. The molecular formula is C41H59N7O10. The molecule has 0 aromatic heterocycles. The van der Waals surface area contributed by atoms with Crippen LogP contribution in [0.1, 0.15) is 91.4 Å². The summed E-state index contributed by atoms with van der Waals surface area (Å²) in [6, 6.07) is 2.55. The van der Waals surface area contributed by atoms with Crippen LogP contribution in [0.25, 0.3) is 0 Å². The van der Waals surface area contributed by atoms with Crippen molar-refractivity contribution in [3.05, 3.63) is 98.8 Å². The predicted octanol–water partition coefficient (Wildman–Crippen LogP) is 8.19. The Bertz CT molecular complexity index is 1690. The first-order valence-electron chi connectivity index (χ1n) is 20.1. The molecule has 0 saturated carbocycles. The highest BCUT2D eigenvalue weighted by Crippen LogP contribution is 2.34. The number of carbonyl (C=O) groups excluding carboxylic acids is 2. The van der Waals surface area contributed by atoms with Crippen molar-refractivity contribution >= 4 is 29.0 Å². The maximum atomic E-state index is 11.8. The number of allylic oxidation sites excluding steroid dienone is 2. The molecule has 3 unspecified atom stereocenters. The van der Waals surface area contributed by atoms with Crippen molar-refractivity contribution in [2.45, 2.75) is 103 Å². The van der Waals surface area contributed by atoms with Gasteiger partial charge in [0.1, 0.15) is 17.6 Å². The summed E-state index contributed by atoms with van der Waals surface area (Å²) in [4.78, 5) is 47.0. The number of azo groups is 1. The smallest absolute Gasteiger partial charge is 0.330 e. The number of hydrazine groups is 1. The van der Waals surface area contributed by atoms with Crippen molar-refractivity contribution in [1.29, 1.82) is 0 Å². The standard InChI is InChI=1S/C41H59N7O10/c1-6-20-46(21-7-2)31-16-18-33(30(5)26-31)42-44-35-28-39(56-23-13-11-15-25-58-41(50)9-4)36(29-38(35)55-22-12-10-14-24-57-40(49)8-3)45-43-34-19-17-32(47(51)52)27-37(34)48(53)54/h8-9,17,19,26-28,30,33,36,42,44H,3-4,6-7,10-16,18,20-25,29H2,1-2,5H3/b45-43+. The first kappa shape index (κ1) is 46.8. The normalized spacial score (nSPS) is 17.8. The molecule has 17 nitrogen and oxygen atoms in total. The van der Waals surface area contributed by atoms with Gasteiger partial charge in [-0.15, -0.1) is 5.11 Å². The largest absolute Gasteiger partial charge is 0.496 e. The van der Waals surface area contributed by atoms with Crippen LogP contribution in [0.4, 0.5) is 17.1 Å². The third kappa shape index (κ3) is 15.8. The van der Waals surface area contributed by atoms with Gasteiger partial charge in [-0.3, -0.25) is 20.2 Å². The lowest BCUT2D eigenvalue weighted by atomic mass is 9.89. The van der Waals surface area contributed by atoms with Crippen molar-refractivity contribution in [2.75, 3.05) is 39.5 Å². The molecule has 2 aliphatic carbocycles. The summed E-state index contributed by atoms with van der Waals surface area (Å²) in [5.74, 6) is 0.303. The highest BCUT2D eigenvalue weighted by atomic mass is 16.6. The van der Waals surface area contributed by atoms with Gasteiger partial charge in [0.15, 0.2) is 5.69 Å². The Hall–Kier alpha value is -5.58. The van der Waals surface area contributed by atoms with E-state index in [-0.39, 0.29) is 37.3 Å². The third-order valence-electron chi connectivity index (χ3n) is 9.50. The van der Waals surface area contributed by atoms with Crippen LogP contribution in [0.2, 0.25) is 0 Å². The van der Waals surface area contributed by atoms with E-state index in [1.807, 2.05) is 0 Å². The number of carbonyl (C=O) groups is 2. The SMILES string of the molecule is C=CC(=O)OCCCCCOC1=CC(NNC2CCC(N(CCC)CCC)=CC2C)=C(OCCCCCOC(=O)C=C)CC1/N=N/c1ccc([N+](=O)[O-])cc1[N+](=O)[O-]. The lowest BCUT2D eigenvalue weighted by Crippen LogP contribution is -2.46. The Morgan fingerprint density at radius 1 is 0.914 bits per heavy atom. The maximum Gasteiger partial charge on any atom is 0.330 e. The quantitative estimate of drug-likeness (QED) is 0.0205. The van der Waals surface area contributed by atoms with Gasteiger partial charge in [0.2, 0.25) is 0 Å². The minimum atomic E-state index is -0.746. The molecule has 3 rings (SSSR count). The van der Waals surface area contributed by atoms with Gasteiger partial charge in [0, 0.05) is 55.5 Å². The number of esters is 2. The second-order valence-corrected chi connectivity index (χ2v) is 14.0. The first-order chi connectivity index (χ1) is 28.0. The summed E-state index contributed by atoms with van der Waals surface area (Å²) in [6.45, 7) is 16.6. The monoisotopic (exact) mass is 809 g/mol. The van der Waals surface area contributed by atoms with Crippen LogP contribution in [0.5, 0.6) is 0 Å². The lowest BCUT2D eigenvalue weighted by Gasteiger charge is -2.35. The van der Waals surface area contributed by atoms with Crippen molar-refractivity contribution in [1.82, 2.24) is 15.8 Å². The fourth-order valence-electron chi connectivity index (χ4n) is 6.43. The van der Waals surface area contributed by atoms with Gasteiger partial charge in [-0.25, -0.2) is 15.0 Å². The number of nitro benzene ring substituents is 2. The van der Waals surface area contributed by atoms with E-state index >= 15 is 0 Å². The van der Waals surface area contributed by atoms with Gasteiger partial charge in [-0.05, 0) is 76.2 Å². The minimum absolute atomic E-state index is 0.119. The second-order valence-electron chi connectivity index (χ2n) is 14.0. The number of unbranched alkanes of at least 4 members (excludes halogenated alkanes) is 4. The molecule has 0 saturated heterocycles. The average Bonchev–Trinajstić information content (AvgIpc) is 3.21. The molecule has 0 radical (unpaired) electrons.